The van der Waals surface area contributed by atoms with E-state index in [1.807, 2.05) is 60.9 Å². The zero-order valence-corrected chi connectivity index (χ0v) is 10.7. The maximum absolute atomic E-state index is 12.3. The summed E-state index contributed by atoms with van der Waals surface area (Å²) in [6.45, 7) is 0. The highest BCUT2D eigenvalue weighted by molar-refractivity contribution is 8.00. The third kappa shape index (κ3) is 1.40. The fourth-order valence-electron chi connectivity index (χ4n) is 2.39. The van der Waals surface area contributed by atoms with E-state index in [0.717, 1.165) is 11.1 Å². The van der Waals surface area contributed by atoms with Gasteiger partial charge >= 0.3 is 5.97 Å². The summed E-state index contributed by atoms with van der Waals surface area (Å²) in [5, 5.41) is 0. The largest absolute Gasteiger partial charge is 0.425 e. The molecule has 0 aromatic heterocycles. The Morgan fingerprint density at radius 3 is 2.39 bits per heavy atom. The molecule has 1 heterocycles. The van der Waals surface area contributed by atoms with Crippen molar-refractivity contribution >= 4 is 17.7 Å². The van der Waals surface area contributed by atoms with E-state index in [1.165, 1.54) is 11.8 Å². The van der Waals surface area contributed by atoms with Crippen LogP contribution in [0.1, 0.15) is 11.1 Å². The van der Waals surface area contributed by atoms with Gasteiger partial charge in [-0.25, -0.2) is 4.79 Å². The number of esters is 1. The van der Waals surface area contributed by atoms with Gasteiger partial charge in [-0.2, -0.15) is 0 Å². The molecule has 0 radical (unpaired) electrons. The number of para-hydroxylation sites is 1. The third-order valence-corrected chi connectivity index (χ3v) is 4.48. The topological polar surface area (TPSA) is 26.3 Å². The van der Waals surface area contributed by atoms with Gasteiger partial charge in [0, 0.05) is 5.56 Å². The molecular weight excluding hydrogens is 244 g/mol. The standard InChI is InChI=1S/C15H12O2S/c1-18-15(11-7-3-2-4-8-11)12-9-5-6-10-13(12)17-14(15)16/h2-10H,1H3. The number of ether oxygens (including phenoxy) is 1. The van der Waals surface area contributed by atoms with Crippen LogP contribution in [0.4, 0.5) is 0 Å². The van der Waals surface area contributed by atoms with Crippen molar-refractivity contribution < 1.29 is 9.53 Å². The summed E-state index contributed by atoms with van der Waals surface area (Å²) < 4.78 is 4.68. The van der Waals surface area contributed by atoms with Crippen LogP contribution in [0.2, 0.25) is 0 Å². The summed E-state index contributed by atoms with van der Waals surface area (Å²) in [7, 11) is 0. The lowest BCUT2D eigenvalue weighted by Crippen LogP contribution is -2.31. The number of hydrogen-bond donors (Lipinski definition) is 0. The van der Waals surface area contributed by atoms with E-state index in [4.69, 9.17) is 4.74 Å². The molecular formula is C15H12O2S. The quantitative estimate of drug-likeness (QED) is 0.609. The van der Waals surface area contributed by atoms with Crippen LogP contribution in [-0.4, -0.2) is 12.2 Å². The van der Waals surface area contributed by atoms with Gasteiger partial charge in [0.25, 0.3) is 0 Å². The van der Waals surface area contributed by atoms with Crippen LogP contribution in [0, 0.1) is 0 Å². The van der Waals surface area contributed by atoms with Crippen molar-refractivity contribution in [3.63, 3.8) is 0 Å². The summed E-state index contributed by atoms with van der Waals surface area (Å²) >= 11 is 1.51. The van der Waals surface area contributed by atoms with E-state index in [2.05, 4.69) is 0 Å². The minimum absolute atomic E-state index is 0.206. The molecule has 1 aliphatic rings. The Kier molecular flexibility index (Phi) is 2.63. The number of benzene rings is 2. The second kappa shape index (κ2) is 4.18. The van der Waals surface area contributed by atoms with E-state index < -0.39 is 4.75 Å². The van der Waals surface area contributed by atoms with Crippen molar-refractivity contribution in [2.75, 3.05) is 6.26 Å². The van der Waals surface area contributed by atoms with Gasteiger partial charge in [-0.05, 0) is 17.9 Å². The van der Waals surface area contributed by atoms with Gasteiger partial charge in [0.1, 0.15) is 5.75 Å². The Morgan fingerprint density at radius 1 is 1.00 bits per heavy atom. The first-order valence-electron chi connectivity index (χ1n) is 5.71. The molecule has 2 nitrogen and oxygen atoms in total. The highest BCUT2D eigenvalue weighted by Crippen LogP contribution is 2.50. The molecule has 0 amide bonds. The average molecular weight is 256 g/mol. The average Bonchev–Trinajstić information content (AvgIpc) is 2.72. The Bertz CT molecular complexity index is 594. The number of hydrogen-bond acceptors (Lipinski definition) is 3. The van der Waals surface area contributed by atoms with Crippen molar-refractivity contribution in [3.05, 3.63) is 65.7 Å². The molecule has 0 N–H and O–H groups in total. The van der Waals surface area contributed by atoms with Crippen LogP contribution in [0.25, 0.3) is 0 Å². The highest BCUT2D eigenvalue weighted by Gasteiger charge is 2.50. The van der Waals surface area contributed by atoms with Gasteiger partial charge in [-0.1, -0.05) is 48.5 Å². The zero-order chi connectivity index (χ0) is 12.6. The Hall–Kier alpha value is -1.74. The number of carbonyl (C=O) groups excluding carboxylic acids is 1. The molecule has 0 fully saturated rings. The smallest absolute Gasteiger partial charge is 0.336 e. The fraction of sp³-hybridized carbons (Fsp3) is 0.133. The summed E-state index contributed by atoms with van der Waals surface area (Å²) in [6.07, 6.45) is 1.94. The van der Waals surface area contributed by atoms with Gasteiger partial charge in [-0.3, -0.25) is 0 Å². The normalized spacial score (nSPS) is 21.5. The monoisotopic (exact) mass is 256 g/mol. The lowest BCUT2D eigenvalue weighted by Gasteiger charge is -2.24. The molecule has 1 unspecified atom stereocenters. The van der Waals surface area contributed by atoms with Crippen LogP contribution in [0.3, 0.4) is 0 Å². The highest BCUT2D eigenvalue weighted by atomic mass is 32.2. The molecule has 3 rings (SSSR count). The molecule has 1 aliphatic heterocycles. The molecule has 2 aromatic carbocycles. The van der Waals surface area contributed by atoms with Gasteiger partial charge in [0.2, 0.25) is 0 Å². The van der Waals surface area contributed by atoms with Gasteiger partial charge in [0.05, 0.1) is 0 Å². The van der Waals surface area contributed by atoms with Crippen LogP contribution in [0.5, 0.6) is 5.75 Å². The molecule has 90 valence electrons. The van der Waals surface area contributed by atoms with E-state index >= 15 is 0 Å². The number of rotatable bonds is 2. The van der Waals surface area contributed by atoms with E-state index in [1.54, 1.807) is 0 Å². The first kappa shape index (κ1) is 11.4. The van der Waals surface area contributed by atoms with Crippen molar-refractivity contribution in [1.29, 1.82) is 0 Å². The SMILES string of the molecule is CSC1(c2ccccc2)C(=O)Oc2ccccc21. The first-order chi connectivity index (χ1) is 8.79. The molecule has 0 spiro atoms. The number of thioether (sulfide) groups is 1. The zero-order valence-electron chi connectivity index (χ0n) is 9.92. The second-order valence-corrected chi connectivity index (χ2v) is 5.16. The van der Waals surface area contributed by atoms with Crippen LogP contribution >= 0.6 is 11.8 Å². The Morgan fingerprint density at radius 2 is 1.67 bits per heavy atom. The van der Waals surface area contributed by atoms with Gasteiger partial charge < -0.3 is 4.74 Å². The predicted molar refractivity (Wildman–Crippen MR) is 72.8 cm³/mol. The number of carbonyl (C=O) groups is 1. The summed E-state index contributed by atoms with van der Waals surface area (Å²) in [4.78, 5) is 12.3. The Labute approximate surface area is 110 Å². The predicted octanol–water partition coefficient (Wildman–Crippen LogP) is 3.21. The van der Waals surface area contributed by atoms with Gasteiger partial charge in [0.15, 0.2) is 4.75 Å². The van der Waals surface area contributed by atoms with Crippen LogP contribution in [-0.2, 0) is 9.54 Å². The molecule has 1 atom stereocenters. The van der Waals surface area contributed by atoms with E-state index in [9.17, 15) is 4.79 Å². The molecule has 2 aromatic rings. The van der Waals surface area contributed by atoms with Crippen molar-refractivity contribution in [3.8, 4) is 5.75 Å². The maximum atomic E-state index is 12.3. The lowest BCUT2D eigenvalue weighted by molar-refractivity contribution is -0.134. The second-order valence-electron chi connectivity index (χ2n) is 4.14. The van der Waals surface area contributed by atoms with E-state index in [-0.39, 0.29) is 5.97 Å². The molecule has 0 aliphatic carbocycles. The third-order valence-electron chi connectivity index (χ3n) is 3.24. The number of fused-ring (bicyclic) bond motifs is 1. The minimum Gasteiger partial charge on any atom is -0.425 e. The van der Waals surface area contributed by atoms with Crippen molar-refractivity contribution in [1.82, 2.24) is 0 Å². The first-order valence-corrected chi connectivity index (χ1v) is 6.94. The maximum Gasteiger partial charge on any atom is 0.336 e. The fourth-order valence-corrected chi connectivity index (χ4v) is 3.35. The lowest BCUT2D eigenvalue weighted by atomic mass is 9.91. The summed E-state index contributed by atoms with van der Waals surface area (Å²) in [6, 6.07) is 17.4. The molecule has 18 heavy (non-hydrogen) atoms. The van der Waals surface area contributed by atoms with Crippen LogP contribution < -0.4 is 4.74 Å². The van der Waals surface area contributed by atoms with Gasteiger partial charge in [-0.15, -0.1) is 11.8 Å². The van der Waals surface area contributed by atoms with Crippen molar-refractivity contribution in [2.45, 2.75) is 4.75 Å². The summed E-state index contributed by atoms with van der Waals surface area (Å²) in [5.74, 6) is 0.461. The molecule has 3 heteroatoms. The minimum atomic E-state index is -0.724. The molecule has 0 bridgehead atoms. The molecule has 0 saturated heterocycles. The van der Waals surface area contributed by atoms with Crippen LogP contribution in [0.15, 0.2) is 54.6 Å². The molecule has 0 saturated carbocycles. The van der Waals surface area contributed by atoms with E-state index in [0.29, 0.717) is 5.75 Å². The summed E-state index contributed by atoms with van der Waals surface area (Å²) in [5.41, 5.74) is 1.90. The Balaban J connectivity index is 2.27. The van der Waals surface area contributed by atoms with Crippen molar-refractivity contribution in [2.24, 2.45) is 0 Å².